The molecule has 13 rings (SSSR count). The van der Waals surface area contributed by atoms with Gasteiger partial charge in [-0.3, -0.25) is 0 Å². The summed E-state index contributed by atoms with van der Waals surface area (Å²) in [5, 5.41) is 4.75. The van der Waals surface area contributed by atoms with E-state index in [1.807, 2.05) is 47.7 Å². The average molecular weight is 886 g/mol. The number of para-hydroxylation sites is 3. The summed E-state index contributed by atoms with van der Waals surface area (Å²) in [6.07, 6.45) is 0. The van der Waals surface area contributed by atoms with Crippen LogP contribution in [0.2, 0.25) is 0 Å². The van der Waals surface area contributed by atoms with Crippen LogP contribution in [0.3, 0.4) is 0 Å². The van der Waals surface area contributed by atoms with E-state index in [1.165, 1.54) is 31.4 Å². The van der Waals surface area contributed by atoms with Crippen LogP contribution in [0, 0.1) is 0 Å². The molecule has 6 heteroatoms. The van der Waals surface area contributed by atoms with Crippen molar-refractivity contribution in [2.24, 2.45) is 0 Å². The Kier molecular flexibility index (Phi) is 9.62. The first-order valence-corrected chi connectivity index (χ1v) is 23.6. The first-order valence-electron chi connectivity index (χ1n) is 22.8. The quantitative estimate of drug-likeness (QED) is 0.153. The van der Waals surface area contributed by atoms with E-state index in [1.54, 1.807) is 0 Å². The van der Waals surface area contributed by atoms with E-state index < -0.39 is 0 Å². The van der Waals surface area contributed by atoms with Crippen LogP contribution >= 0.6 is 11.3 Å². The molecular weight excluding hydrogens is 847 g/mol. The SMILES string of the molecule is c1ccc(-c2cccc(-c3nc(-c4ccccc4)nc(-c4ccc(-c5sc6c(c(-c7ccccc7)nc7ccccc76)c5-c5cccc(-n6c7ccccc7c7ccccc76)c5)cc4)n3)c2)cc1. The molecule has 0 fully saturated rings. The zero-order valence-corrected chi connectivity index (χ0v) is 37.5. The molecule has 5 nitrogen and oxygen atoms in total. The third kappa shape index (κ3) is 6.86. The van der Waals surface area contributed by atoms with Gasteiger partial charge in [-0.2, -0.15) is 0 Å². The summed E-state index contributed by atoms with van der Waals surface area (Å²) in [6, 6.07) is 83.3. The highest BCUT2D eigenvalue weighted by molar-refractivity contribution is 7.24. The lowest BCUT2D eigenvalue weighted by atomic mass is 9.94. The van der Waals surface area contributed by atoms with Gasteiger partial charge in [0.2, 0.25) is 0 Å². The second-order valence-corrected chi connectivity index (χ2v) is 18.0. The summed E-state index contributed by atoms with van der Waals surface area (Å²) in [5.41, 5.74) is 14.9. The molecule has 0 unspecified atom stereocenters. The molecule has 0 radical (unpaired) electrons. The molecule has 0 bridgehead atoms. The number of hydrogen-bond donors (Lipinski definition) is 0. The minimum Gasteiger partial charge on any atom is -0.309 e. The number of benzene rings is 9. The number of fused-ring (bicyclic) bond motifs is 6. The van der Waals surface area contributed by atoms with Crippen molar-refractivity contribution in [2.75, 3.05) is 0 Å². The highest BCUT2D eigenvalue weighted by atomic mass is 32.1. The van der Waals surface area contributed by atoms with Crippen LogP contribution in [0.4, 0.5) is 0 Å². The standard InChI is InChI=1S/C62H39N5S/c1-4-18-40(19-5-1)45-24-16-26-47(38-45)62-65-60(43-22-8-3-9-23-43)64-61(66-62)44-36-34-42(35-37-44)58-55(56-57(41-20-6-2-7-21-41)63-52-31-13-10-30-51(52)59(56)68-58)46-25-17-27-48(39-46)67-53-32-14-11-28-49(53)50-29-12-15-33-54(50)67/h1-39H. The minimum absolute atomic E-state index is 0.613. The Morgan fingerprint density at radius 2 is 0.809 bits per heavy atom. The average Bonchev–Trinajstić information content (AvgIpc) is 3.99. The Bertz CT molecular complexity index is 3960. The van der Waals surface area contributed by atoms with E-state index >= 15 is 0 Å². The number of pyridine rings is 1. The van der Waals surface area contributed by atoms with Crippen molar-refractivity contribution in [1.29, 1.82) is 0 Å². The maximum Gasteiger partial charge on any atom is 0.164 e. The molecule has 0 saturated carbocycles. The predicted molar refractivity (Wildman–Crippen MR) is 283 cm³/mol. The van der Waals surface area contributed by atoms with Crippen molar-refractivity contribution in [3.05, 3.63) is 237 Å². The Balaban J connectivity index is 1.01. The fraction of sp³-hybridized carbons (Fsp3) is 0. The van der Waals surface area contributed by atoms with Gasteiger partial charge in [0, 0.05) is 64.6 Å². The monoisotopic (exact) mass is 885 g/mol. The van der Waals surface area contributed by atoms with Crippen molar-refractivity contribution in [3.63, 3.8) is 0 Å². The molecule has 0 spiro atoms. The maximum atomic E-state index is 5.44. The van der Waals surface area contributed by atoms with Gasteiger partial charge in [0.25, 0.3) is 0 Å². The van der Waals surface area contributed by atoms with Crippen LogP contribution < -0.4 is 0 Å². The van der Waals surface area contributed by atoms with Crippen molar-refractivity contribution in [1.82, 2.24) is 24.5 Å². The highest BCUT2D eigenvalue weighted by Gasteiger charge is 2.24. The molecule has 0 atom stereocenters. The van der Waals surface area contributed by atoms with Crippen LogP contribution in [-0.4, -0.2) is 24.5 Å². The second kappa shape index (κ2) is 16.5. The molecule has 4 aromatic heterocycles. The fourth-order valence-electron chi connectivity index (χ4n) is 9.66. The van der Waals surface area contributed by atoms with E-state index in [-0.39, 0.29) is 0 Å². The van der Waals surface area contributed by atoms with E-state index in [9.17, 15) is 0 Å². The topological polar surface area (TPSA) is 56.5 Å². The van der Waals surface area contributed by atoms with Crippen molar-refractivity contribution in [2.45, 2.75) is 0 Å². The fourth-order valence-corrected chi connectivity index (χ4v) is 11.0. The molecule has 0 aliphatic heterocycles. The summed E-state index contributed by atoms with van der Waals surface area (Å²) >= 11 is 1.83. The van der Waals surface area contributed by atoms with Crippen LogP contribution in [-0.2, 0) is 0 Å². The molecule has 4 heterocycles. The molecular formula is C62H39N5S. The largest absolute Gasteiger partial charge is 0.309 e. The van der Waals surface area contributed by atoms with Gasteiger partial charge < -0.3 is 4.57 Å². The van der Waals surface area contributed by atoms with Crippen molar-refractivity contribution in [3.8, 4) is 83.8 Å². The smallest absolute Gasteiger partial charge is 0.164 e. The lowest BCUT2D eigenvalue weighted by molar-refractivity contribution is 1.07. The van der Waals surface area contributed by atoms with Gasteiger partial charge >= 0.3 is 0 Å². The molecule has 0 N–H and O–H groups in total. The number of thiophene rings is 1. The van der Waals surface area contributed by atoms with Gasteiger partial charge in [0.15, 0.2) is 17.5 Å². The van der Waals surface area contributed by atoms with E-state index in [0.717, 1.165) is 77.7 Å². The molecule has 318 valence electrons. The van der Waals surface area contributed by atoms with E-state index in [0.29, 0.717) is 17.5 Å². The molecule has 9 aromatic carbocycles. The Labute approximate surface area is 397 Å². The Hall–Kier alpha value is -8.84. The van der Waals surface area contributed by atoms with Gasteiger partial charge in [-0.05, 0) is 58.7 Å². The van der Waals surface area contributed by atoms with Crippen LogP contribution in [0.25, 0.3) is 127 Å². The molecule has 0 aliphatic carbocycles. The number of nitrogens with zero attached hydrogens (tertiary/aromatic N) is 5. The van der Waals surface area contributed by atoms with Gasteiger partial charge in [-0.15, -0.1) is 11.3 Å². The summed E-state index contributed by atoms with van der Waals surface area (Å²) in [4.78, 5) is 21.9. The lowest BCUT2D eigenvalue weighted by Gasteiger charge is -2.13. The molecule has 0 saturated heterocycles. The normalized spacial score (nSPS) is 11.5. The third-order valence-corrected chi connectivity index (χ3v) is 14.1. The van der Waals surface area contributed by atoms with Crippen molar-refractivity contribution < 1.29 is 0 Å². The van der Waals surface area contributed by atoms with Crippen LogP contribution in [0.5, 0.6) is 0 Å². The van der Waals surface area contributed by atoms with Crippen molar-refractivity contribution >= 4 is 54.1 Å². The lowest BCUT2D eigenvalue weighted by Crippen LogP contribution is -2.00. The summed E-state index contributed by atoms with van der Waals surface area (Å²) in [5.74, 6) is 1.86. The molecule has 68 heavy (non-hydrogen) atoms. The molecule has 13 aromatic rings. The highest BCUT2D eigenvalue weighted by Crippen LogP contribution is 2.50. The maximum absolute atomic E-state index is 5.44. The van der Waals surface area contributed by atoms with E-state index in [4.69, 9.17) is 19.9 Å². The summed E-state index contributed by atoms with van der Waals surface area (Å²) in [7, 11) is 0. The van der Waals surface area contributed by atoms with Gasteiger partial charge in [0.1, 0.15) is 0 Å². The first-order chi connectivity index (χ1) is 33.7. The Morgan fingerprint density at radius 1 is 0.324 bits per heavy atom. The zero-order valence-electron chi connectivity index (χ0n) is 36.7. The van der Waals surface area contributed by atoms with Crippen LogP contribution in [0.1, 0.15) is 0 Å². The second-order valence-electron chi connectivity index (χ2n) is 17.0. The molecule has 0 amide bonds. The Morgan fingerprint density at radius 3 is 1.49 bits per heavy atom. The minimum atomic E-state index is 0.613. The van der Waals surface area contributed by atoms with Gasteiger partial charge in [-0.25, -0.2) is 19.9 Å². The number of aromatic nitrogens is 5. The third-order valence-electron chi connectivity index (χ3n) is 12.8. The predicted octanol–water partition coefficient (Wildman–Crippen LogP) is 16.4. The summed E-state index contributed by atoms with van der Waals surface area (Å²) < 4.78 is 3.60. The number of hydrogen-bond acceptors (Lipinski definition) is 5. The van der Waals surface area contributed by atoms with E-state index in [2.05, 4.69) is 205 Å². The molecule has 0 aliphatic rings. The van der Waals surface area contributed by atoms with Crippen LogP contribution in [0.15, 0.2) is 237 Å². The summed E-state index contributed by atoms with van der Waals surface area (Å²) in [6.45, 7) is 0. The van der Waals surface area contributed by atoms with Gasteiger partial charge in [-0.1, -0.05) is 200 Å². The number of rotatable bonds is 8. The zero-order chi connectivity index (χ0) is 45.0. The van der Waals surface area contributed by atoms with Gasteiger partial charge in [0.05, 0.1) is 22.2 Å². The first kappa shape index (κ1) is 39.5.